The number of hydrogen-bond donors (Lipinski definition) is 0. The molecule has 8 heteroatoms. The van der Waals surface area contributed by atoms with Gasteiger partial charge in [0.05, 0.1) is 4.90 Å². The molecular formula is C14H12BrClF2O3S. The first kappa shape index (κ1) is 18.9. The lowest BCUT2D eigenvalue weighted by atomic mass is 10.3. The van der Waals surface area contributed by atoms with Crippen molar-refractivity contribution in [2.45, 2.75) is 4.90 Å². The molecule has 0 aliphatic rings. The summed E-state index contributed by atoms with van der Waals surface area (Å²) in [5.41, 5.74) is 0. The van der Waals surface area contributed by atoms with Crippen molar-refractivity contribution in [3.8, 4) is 11.5 Å². The van der Waals surface area contributed by atoms with E-state index in [0.717, 1.165) is 12.1 Å². The number of sulfone groups is 1. The Kier molecular flexibility index (Phi) is 7.25. The van der Waals surface area contributed by atoms with Crippen LogP contribution in [0.3, 0.4) is 0 Å². The van der Waals surface area contributed by atoms with Crippen LogP contribution < -0.4 is 4.74 Å². The molecule has 0 bridgehead atoms. The predicted octanol–water partition coefficient (Wildman–Crippen LogP) is 4.98. The maximum Gasteiger partial charge on any atom is 0.207 e. The standard InChI is InChI=1S/C13H9ClF2O3S.CH3Br/c14-9-5-10(16)7-12(6-9)19-11-1-3-13(4-2-11)20(17,18)8-15;1-2/h1-7H,8H2;1H3. The molecule has 0 aliphatic heterocycles. The van der Waals surface area contributed by atoms with Crippen molar-refractivity contribution in [1.29, 1.82) is 0 Å². The van der Waals surface area contributed by atoms with Crippen molar-refractivity contribution in [2.75, 3.05) is 11.8 Å². The highest BCUT2D eigenvalue weighted by Crippen LogP contribution is 2.26. The van der Waals surface area contributed by atoms with E-state index in [0.29, 0.717) is 0 Å². The van der Waals surface area contributed by atoms with Gasteiger partial charge in [-0.3, -0.25) is 0 Å². The molecule has 0 amide bonds. The summed E-state index contributed by atoms with van der Waals surface area (Å²) in [6.07, 6.45) is 0. The Morgan fingerprint density at radius 3 is 2.18 bits per heavy atom. The van der Waals surface area contributed by atoms with Crippen LogP contribution in [0.1, 0.15) is 0 Å². The van der Waals surface area contributed by atoms with Gasteiger partial charge in [0.1, 0.15) is 17.3 Å². The van der Waals surface area contributed by atoms with Gasteiger partial charge in [-0.15, -0.1) is 0 Å². The minimum atomic E-state index is -3.90. The summed E-state index contributed by atoms with van der Waals surface area (Å²) in [5.74, 6) is 1.72. The minimum absolute atomic E-state index is 0.148. The molecule has 3 nitrogen and oxygen atoms in total. The molecule has 0 aliphatic carbocycles. The number of alkyl halides is 2. The molecule has 0 unspecified atom stereocenters. The van der Waals surface area contributed by atoms with Crippen LogP contribution in [0, 0.1) is 5.82 Å². The lowest BCUT2D eigenvalue weighted by Gasteiger charge is -2.07. The van der Waals surface area contributed by atoms with Crippen LogP contribution in [-0.2, 0) is 9.84 Å². The van der Waals surface area contributed by atoms with Gasteiger partial charge in [-0.2, -0.15) is 0 Å². The fourth-order valence-electron chi connectivity index (χ4n) is 1.50. The van der Waals surface area contributed by atoms with Crippen LogP contribution in [0.5, 0.6) is 11.5 Å². The molecule has 0 spiro atoms. The van der Waals surface area contributed by atoms with Gasteiger partial charge in [0.25, 0.3) is 0 Å². The zero-order valence-corrected chi connectivity index (χ0v) is 14.6. The molecule has 2 aromatic rings. The van der Waals surface area contributed by atoms with E-state index in [4.69, 9.17) is 16.3 Å². The van der Waals surface area contributed by atoms with E-state index in [9.17, 15) is 17.2 Å². The van der Waals surface area contributed by atoms with Crippen molar-refractivity contribution in [3.63, 3.8) is 0 Å². The van der Waals surface area contributed by atoms with Crippen LogP contribution >= 0.6 is 27.5 Å². The molecule has 2 rings (SSSR count). The molecule has 0 saturated heterocycles. The number of rotatable bonds is 4. The van der Waals surface area contributed by atoms with Crippen LogP contribution in [0.2, 0.25) is 5.02 Å². The summed E-state index contributed by atoms with van der Waals surface area (Å²) in [6, 6.07) is 7.34. The van der Waals surface area contributed by atoms with E-state index in [1.807, 2.05) is 5.83 Å². The van der Waals surface area contributed by atoms with E-state index >= 15 is 0 Å². The highest BCUT2D eigenvalue weighted by molar-refractivity contribution is 9.08. The highest BCUT2D eigenvalue weighted by atomic mass is 79.9. The molecule has 0 aromatic heterocycles. The molecule has 0 fully saturated rings. The Morgan fingerprint density at radius 2 is 1.68 bits per heavy atom. The fraction of sp³-hybridized carbons (Fsp3) is 0.143. The Bertz CT molecular complexity index is 701. The Hall–Kier alpha value is -1.18. The summed E-state index contributed by atoms with van der Waals surface area (Å²) < 4.78 is 53.3. The molecule has 22 heavy (non-hydrogen) atoms. The largest absolute Gasteiger partial charge is 0.457 e. The normalized spacial score (nSPS) is 10.6. The summed E-state index contributed by atoms with van der Waals surface area (Å²) in [5, 5.41) is 0.177. The van der Waals surface area contributed by atoms with Gasteiger partial charge < -0.3 is 4.74 Å². The van der Waals surface area contributed by atoms with Gasteiger partial charge in [0.2, 0.25) is 9.84 Å². The van der Waals surface area contributed by atoms with Crippen LogP contribution in [0.4, 0.5) is 8.78 Å². The van der Waals surface area contributed by atoms with Gasteiger partial charge >= 0.3 is 0 Å². The lowest BCUT2D eigenvalue weighted by Crippen LogP contribution is -2.02. The van der Waals surface area contributed by atoms with Gasteiger partial charge in [-0.1, -0.05) is 27.5 Å². The molecule has 0 saturated carbocycles. The van der Waals surface area contributed by atoms with Crippen molar-refractivity contribution in [1.82, 2.24) is 0 Å². The number of benzene rings is 2. The summed E-state index contributed by atoms with van der Waals surface area (Å²) in [4.78, 5) is -0.148. The average Bonchev–Trinajstić information content (AvgIpc) is 2.49. The van der Waals surface area contributed by atoms with Crippen molar-refractivity contribution in [3.05, 3.63) is 53.3 Å². The van der Waals surface area contributed by atoms with Gasteiger partial charge in [-0.05, 0) is 42.2 Å². The van der Waals surface area contributed by atoms with Crippen LogP contribution in [0.25, 0.3) is 0 Å². The Balaban J connectivity index is 0.00000116. The molecule has 120 valence electrons. The monoisotopic (exact) mass is 412 g/mol. The molecule has 0 atom stereocenters. The fourth-order valence-corrected chi connectivity index (χ4v) is 2.39. The predicted molar refractivity (Wildman–Crippen MR) is 85.9 cm³/mol. The minimum Gasteiger partial charge on any atom is -0.457 e. The summed E-state index contributed by atoms with van der Waals surface area (Å²) in [7, 11) is -3.90. The topological polar surface area (TPSA) is 43.4 Å². The van der Waals surface area contributed by atoms with E-state index in [1.165, 1.54) is 30.3 Å². The second-order valence-electron chi connectivity index (χ2n) is 3.90. The maximum atomic E-state index is 13.1. The number of hydrogen-bond acceptors (Lipinski definition) is 3. The van der Waals surface area contributed by atoms with Crippen molar-refractivity contribution < 1.29 is 21.9 Å². The third-order valence-electron chi connectivity index (χ3n) is 2.40. The van der Waals surface area contributed by atoms with Gasteiger partial charge in [0.15, 0.2) is 6.01 Å². The van der Waals surface area contributed by atoms with Crippen molar-refractivity contribution >= 4 is 37.4 Å². The number of halogens is 4. The van der Waals surface area contributed by atoms with Gasteiger partial charge in [-0.25, -0.2) is 17.2 Å². The number of ether oxygens (including phenoxy) is 1. The Labute approximate surface area is 140 Å². The van der Waals surface area contributed by atoms with E-state index < -0.39 is 21.7 Å². The zero-order valence-electron chi connectivity index (χ0n) is 11.4. The molecular weight excluding hydrogens is 402 g/mol. The lowest BCUT2D eigenvalue weighted by molar-refractivity contribution is 0.476. The van der Waals surface area contributed by atoms with Crippen LogP contribution in [0.15, 0.2) is 47.4 Å². The Morgan fingerprint density at radius 1 is 1.09 bits per heavy atom. The first-order chi connectivity index (χ1) is 10.4. The first-order valence-corrected chi connectivity index (χ1v) is 9.43. The highest BCUT2D eigenvalue weighted by Gasteiger charge is 2.13. The average molecular weight is 414 g/mol. The summed E-state index contributed by atoms with van der Waals surface area (Å²) >= 11 is 8.62. The second kappa shape index (κ2) is 8.45. The first-order valence-electron chi connectivity index (χ1n) is 5.81. The van der Waals surface area contributed by atoms with E-state index in [2.05, 4.69) is 15.9 Å². The molecule has 2 aromatic carbocycles. The second-order valence-corrected chi connectivity index (χ2v) is 6.26. The third-order valence-corrected chi connectivity index (χ3v) is 3.89. The molecule has 0 N–H and O–H groups in total. The molecule has 0 heterocycles. The maximum absolute atomic E-state index is 13.1. The quantitative estimate of drug-likeness (QED) is 0.664. The van der Waals surface area contributed by atoms with E-state index in [-0.39, 0.29) is 21.4 Å². The van der Waals surface area contributed by atoms with E-state index in [1.54, 1.807) is 0 Å². The molecule has 0 radical (unpaired) electrons. The SMILES string of the molecule is CBr.O=S(=O)(CF)c1ccc(Oc2cc(F)cc(Cl)c2)cc1. The summed E-state index contributed by atoms with van der Waals surface area (Å²) in [6.45, 7) is 0. The third kappa shape index (κ3) is 5.23. The van der Waals surface area contributed by atoms with Crippen molar-refractivity contribution in [2.24, 2.45) is 0 Å². The van der Waals surface area contributed by atoms with Crippen LogP contribution in [-0.4, -0.2) is 20.3 Å². The zero-order chi connectivity index (χ0) is 16.8. The smallest absolute Gasteiger partial charge is 0.207 e. The van der Waals surface area contributed by atoms with Gasteiger partial charge in [0, 0.05) is 11.1 Å².